The first-order chi connectivity index (χ1) is 14.9. The predicted molar refractivity (Wildman–Crippen MR) is 119 cm³/mol. The highest BCUT2D eigenvalue weighted by Gasteiger charge is 2.45. The zero-order valence-electron chi connectivity index (χ0n) is 18.3. The average molecular weight is 433 g/mol. The molecule has 0 unspecified atom stereocenters. The van der Waals surface area contributed by atoms with E-state index in [-0.39, 0.29) is 24.9 Å². The molecular formula is C23H36N4O4. The van der Waals surface area contributed by atoms with Crippen LogP contribution in [0.15, 0.2) is 25.3 Å². The van der Waals surface area contributed by atoms with Crippen molar-refractivity contribution < 1.29 is 19.2 Å². The summed E-state index contributed by atoms with van der Waals surface area (Å²) in [6.07, 6.45) is 12.7. The molecule has 0 aromatic rings. The van der Waals surface area contributed by atoms with Crippen LogP contribution in [0, 0.1) is 5.41 Å². The molecule has 0 atom stereocenters. The highest BCUT2D eigenvalue weighted by molar-refractivity contribution is 6.13. The lowest BCUT2D eigenvalue weighted by atomic mass is 9.79. The smallest absolute Gasteiger partial charge is 0.321 e. The third kappa shape index (κ3) is 7.22. The first-order valence-electron chi connectivity index (χ1n) is 11.4. The Labute approximate surface area is 184 Å². The van der Waals surface area contributed by atoms with Gasteiger partial charge >= 0.3 is 12.1 Å². The predicted octanol–water partition coefficient (Wildman–Crippen LogP) is 3.44. The fourth-order valence-electron chi connectivity index (χ4n) is 4.43. The van der Waals surface area contributed by atoms with E-state index in [0.717, 1.165) is 64.2 Å². The van der Waals surface area contributed by atoms with Gasteiger partial charge in [0.15, 0.2) is 0 Å². The molecule has 6 amide bonds. The van der Waals surface area contributed by atoms with Gasteiger partial charge in [0.2, 0.25) is 11.8 Å². The second-order valence-corrected chi connectivity index (χ2v) is 8.59. The minimum Gasteiger partial charge on any atom is -0.335 e. The maximum Gasteiger partial charge on any atom is 0.321 e. The van der Waals surface area contributed by atoms with E-state index in [1.807, 2.05) is 0 Å². The molecule has 31 heavy (non-hydrogen) atoms. The Morgan fingerprint density at radius 1 is 0.677 bits per heavy atom. The maximum absolute atomic E-state index is 13.1. The molecule has 0 aromatic carbocycles. The molecule has 0 aliphatic heterocycles. The average Bonchev–Trinajstić information content (AvgIpc) is 2.74. The zero-order valence-corrected chi connectivity index (χ0v) is 18.3. The number of allylic oxidation sites excluding steroid dienone is 2. The number of imide groups is 2. The van der Waals surface area contributed by atoms with Crippen LogP contribution < -0.4 is 21.3 Å². The Bertz CT molecular complexity index is 621. The fourth-order valence-corrected chi connectivity index (χ4v) is 4.43. The third-order valence-corrected chi connectivity index (χ3v) is 6.19. The van der Waals surface area contributed by atoms with Crippen molar-refractivity contribution in [2.45, 2.75) is 89.1 Å². The summed E-state index contributed by atoms with van der Waals surface area (Å²) in [6.45, 7) is 7.29. The first-order valence-corrected chi connectivity index (χ1v) is 11.4. The van der Waals surface area contributed by atoms with Gasteiger partial charge in [-0.2, -0.15) is 0 Å². The molecule has 0 heterocycles. The van der Waals surface area contributed by atoms with E-state index in [1.54, 1.807) is 0 Å². The molecule has 2 rings (SSSR count). The van der Waals surface area contributed by atoms with Gasteiger partial charge in [0, 0.05) is 12.1 Å². The van der Waals surface area contributed by atoms with Crippen LogP contribution in [-0.2, 0) is 9.59 Å². The van der Waals surface area contributed by atoms with Gasteiger partial charge in [0.05, 0.1) is 0 Å². The van der Waals surface area contributed by atoms with Crippen molar-refractivity contribution in [1.29, 1.82) is 0 Å². The molecule has 0 radical (unpaired) electrons. The van der Waals surface area contributed by atoms with Gasteiger partial charge in [0.1, 0.15) is 5.41 Å². The number of rotatable bonds is 8. The van der Waals surface area contributed by atoms with Gasteiger partial charge in [-0.3, -0.25) is 20.2 Å². The van der Waals surface area contributed by atoms with Crippen LogP contribution in [0.5, 0.6) is 0 Å². The van der Waals surface area contributed by atoms with Gasteiger partial charge < -0.3 is 10.6 Å². The Morgan fingerprint density at radius 2 is 1.03 bits per heavy atom. The van der Waals surface area contributed by atoms with E-state index < -0.39 is 29.3 Å². The number of hydrogen-bond donors (Lipinski definition) is 4. The molecule has 2 fully saturated rings. The Hall–Kier alpha value is -2.64. The van der Waals surface area contributed by atoms with E-state index in [9.17, 15) is 19.2 Å². The van der Waals surface area contributed by atoms with Gasteiger partial charge in [-0.05, 0) is 38.5 Å². The minimum atomic E-state index is -1.68. The van der Waals surface area contributed by atoms with Gasteiger partial charge in [-0.15, -0.1) is 13.2 Å². The lowest BCUT2D eigenvalue weighted by Gasteiger charge is -2.30. The number of urea groups is 2. The molecule has 0 bridgehead atoms. The molecule has 172 valence electrons. The summed E-state index contributed by atoms with van der Waals surface area (Å²) in [5, 5.41) is 10.2. The Kier molecular flexibility index (Phi) is 9.75. The molecule has 8 nitrogen and oxygen atoms in total. The van der Waals surface area contributed by atoms with Crippen LogP contribution >= 0.6 is 0 Å². The Balaban J connectivity index is 2.03. The zero-order chi connectivity index (χ0) is 22.7. The Morgan fingerprint density at radius 3 is 1.35 bits per heavy atom. The summed E-state index contributed by atoms with van der Waals surface area (Å²) >= 11 is 0. The van der Waals surface area contributed by atoms with E-state index in [2.05, 4.69) is 34.4 Å². The fraction of sp³-hybridized carbons (Fsp3) is 0.652. The van der Waals surface area contributed by atoms with E-state index in [4.69, 9.17) is 0 Å². The second kappa shape index (κ2) is 12.3. The van der Waals surface area contributed by atoms with E-state index in [1.165, 1.54) is 12.2 Å². The summed E-state index contributed by atoms with van der Waals surface area (Å²) in [7, 11) is 0. The summed E-state index contributed by atoms with van der Waals surface area (Å²) in [4.78, 5) is 50.9. The molecule has 2 aliphatic carbocycles. The minimum absolute atomic E-state index is 0.0184. The highest BCUT2D eigenvalue weighted by atomic mass is 16.2. The lowest BCUT2D eigenvalue weighted by molar-refractivity contribution is -0.142. The van der Waals surface area contributed by atoms with Crippen molar-refractivity contribution in [3.8, 4) is 0 Å². The van der Waals surface area contributed by atoms with Crippen LogP contribution in [-0.4, -0.2) is 36.0 Å². The topological polar surface area (TPSA) is 116 Å². The molecule has 4 N–H and O–H groups in total. The van der Waals surface area contributed by atoms with Crippen molar-refractivity contribution in [2.75, 3.05) is 0 Å². The van der Waals surface area contributed by atoms with E-state index >= 15 is 0 Å². The number of hydrogen-bond acceptors (Lipinski definition) is 4. The molecule has 0 saturated heterocycles. The molecule has 2 aliphatic rings. The molecular weight excluding hydrogens is 396 g/mol. The highest BCUT2D eigenvalue weighted by Crippen LogP contribution is 2.29. The second-order valence-electron chi connectivity index (χ2n) is 8.59. The van der Waals surface area contributed by atoms with Crippen LogP contribution in [0.4, 0.5) is 9.59 Å². The molecule has 2 saturated carbocycles. The van der Waals surface area contributed by atoms with Crippen molar-refractivity contribution >= 4 is 23.9 Å². The summed E-state index contributed by atoms with van der Waals surface area (Å²) < 4.78 is 0. The third-order valence-electron chi connectivity index (χ3n) is 6.19. The molecule has 0 aromatic heterocycles. The monoisotopic (exact) mass is 432 g/mol. The first kappa shape index (κ1) is 24.6. The summed E-state index contributed by atoms with van der Waals surface area (Å²) in [5.74, 6) is -1.55. The quantitative estimate of drug-likeness (QED) is 0.347. The van der Waals surface area contributed by atoms with Crippen molar-refractivity contribution in [2.24, 2.45) is 5.41 Å². The number of nitrogens with one attached hydrogen (secondary N) is 4. The largest absolute Gasteiger partial charge is 0.335 e. The van der Waals surface area contributed by atoms with Gasteiger partial charge in [-0.25, -0.2) is 9.59 Å². The number of carbonyl (C=O) groups excluding carboxylic acids is 4. The van der Waals surface area contributed by atoms with E-state index in [0.29, 0.717) is 0 Å². The van der Waals surface area contributed by atoms with Gasteiger partial charge in [-0.1, -0.05) is 50.7 Å². The van der Waals surface area contributed by atoms with Crippen molar-refractivity contribution in [3.63, 3.8) is 0 Å². The summed E-state index contributed by atoms with van der Waals surface area (Å²) in [5.41, 5.74) is -1.68. The maximum atomic E-state index is 13.1. The lowest BCUT2D eigenvalue weighted by Crippen LogP contribution is -2.57. The summed E-state index contributed by atoms with van der Waals surface area (Å²) in [6, 6.07) is -1.22. The van der Waals surface area contributed by atoms with Crippen molar-refractivity contribution in [1.82, 2.24) is 21.3 Å². The number of carbonyl (C=O) groups is 4. The van der Waals surface area contributed by atoms with Crippen molar-refractivity contribution in [3.05, 3.63) is 25.3 Å². The number of amides is 6. The van der Waals surface area contributed by atoms with Crippen LogP contribution in [0.1, 0.15) is 77.0 Å². The SMILES string of the molecule is C=CCC(CC=C)(C(=O)NC(=O)NC1CCCCC1)C(=O)NC(=O)NC1CCCCC1. The molecule has 8 heteroatoms. The van der Waals surface area contributed by atoms with Gasteiger partial charge in [0.25, 0.3) is 0 Å². The van der Waals surface area contributed by atoms with Crippen LogP contribution in [0.25, 0.3) is 0 Å². The van der Waals surface area contributed by atoms with Crippen LogP contribution in [0.3, 0.4) is 0 Å². The molecule has 0 spiro atoms. The standard InChI is InChI=1S/C23H36N4O4/c1-3-15-23(16-4-2,19(28)26-21(30)24-17-11-7-5-8-12-17)20(29)27-22(31)25-18-13-9-6-10-14-18/h3-4,17-18H,1-2,5-16H2,(H2,24,26,28,30)(H2,25,27,29,31). The normalized spacial score (nSPS) is 17.8. The van der Waals surface area contributed by atoms with Crippen LogP contribution in [0.2, 0.25) is 0 Å².